The number of rotatable bonds is 7. The Balaban J connectivity index is 1.29. The van der Waals surface area contributed by atoms with Crippen LogP contribution in [0.15, 0.2) is 52.9 Å². The molecular formula is C26H29NO6. The highest BCUT2D eigenvalue weighted by atomic mass is 16.7. The molecule has 3 aromatic rings. The van der Waals surface area contributed by atoms with Crippen molar-refractivity contribution in [2.45, 2.75) is 38.9 Å². The second-order valence-corrected chi connectivity index (χ2v) is 8.31. The number of carbonyl (C=O) groups excluding carboxylic acids is 1. The van der Waals surface area contributed by atoms with Crippen molar-refractivity contribution in [3.05, 3.63) is 71.1 Å². The highest BCUT2D eigenvalue weighted by Gasteiger charge is 2.41. The minimum atomic E-state index is -1.34. The van der Waals surface area contributed by atoms with Gasteiger partial charge in [-0.25, -0.2) is 9.78 Å². The van der Waals surface area contributed by atoms with Crippen molar-refractivity contribution >= 4 is 5.97 Å². The summed E-state index contributed by atoms with van der Waals surface area (Å²) in [5.74, 6) is 0.378. The lowest BCUT2D eigenvalue weighted by molar-refractivity contribution is -0.264. The van der Waals surface area contributed by atoms with Crippen molar-refractivity contribution in [2.75, 3.05) is 26.9 Å². The van der Waals surface area contributed by atoms with Gasteiger partial charge in [-0.05, 0) is 43.7 Å². The maximum atomic E-state index is 11.8. The third-order valence-corrected chi connectivity index (χ3v) is 5.83. The fourth-order valence-corrected chi connectivity index (χ4v) is 3.69. The summed E-state index contributed by atoms with van der Waals surface area (Å²) >= 11 is 0. The molecule has 7 heteroatoms. The van der Waals surface area contributed by atoms with Gasteiger partial charge < -0.3 is 23.4 Å². The zero-order valence-electron chi connectivity index (χ0n) is 19.4. The molecule has 4 rings (SSSR count). The van der Waals surface area contributed by atoms with E-state index in [0.29, 0.717) is 32.1 Å². The lowest BCUT2D eigenvalue weighted by atomic mass is 9.99. The second-order valence-electron chi connectivity index (χ2n) is 8.31. The first-order valence-corrected chi connectivity index (χ1v) is 11.0. The second kappa shape index (κ2) is 9.77. The SMILES string of the molecule is COC(=O)[C@]1(C)OC[C@@H](c2ccc(OCCc3nc(-c4ccc(C)cc4)oc3C)cc2)CO1. The molecule has 0 atom stereocenters. The number of esters is 1. The molecule has 7 nitrogen and oxygen atoms in total. The van der Waals surface area contributed by atoms with E-state index in [2.05, 4.69) is 11.9 Å². The van der Waals surface area contributed by atoms with Crippen molar-refractivity contribution in [2.24, 2.45) is 0 Å². The van der Waals surface area contributed by atoms with E-state index in [4.69, 9.17) is 23.4 Å². The van der Waals surface area contributed by atoms with E-state index in [9.17, 15) is 4.79 Å². The Morgan fingerprint density at radius 1 is 1.06 bits per heavy atom. The molecule has 174 valence electrons. The number of aromatic nitrogens is 1. The number of methoxy groups -OCH3 is 1. The van der Waals surface area contributed by atoms with E-state index in [1.807, 2.05) is 55.5 Å². The number of aryl methyl sites for hydroxylation is 2. The summed E-state index contributed by atoms with van der Waals surface area (Å²) < 4.78 is 27.8. The van der Waals surface area contributed by atoms with Crippen molar-refractivity contribution in [3.8, 4) is 17.2 Å². The molecule has 0 unspecified atom stereocenters. The quantitative estimate of drug-likeness (QED) is 0.486. The number of nitrogens with zero attached hydrogens (tertiary/aromatic N) is 1. The Bertz CT molecular complexity index is 1080. The van der Waals surface area contributed by atoms with Crippen molar-refractivity contribution in [1.29, 1.82) is 0 Å². The topological polar surface area (TPSA) is 80.0 Å². The van der Waals surface area contributed by atoms with Crippen LogP contribution >= 0.6 is 0 Å². The fraction of sp³-hybridized carbons (Fsp3) is 0.385. The summed E-state index contributed by atoms with van der Waals surface area (Å²) in [6, 6.07) is 16.0. The molecule has 0 N–H and O–H groups in total. The van der Waals surface area contributed by atoms with Gasteiger partial charge in [-0.2, -0.15) is 0 Å². The minimum absolute atomic E-state index is 0.0368. The number of ether oxygens (including phenoxy) is 4. The highest BCUT2D eigenvalue weighted by Crippen LogP contribution is 2.29. The summed E-state index contributed by atoms with van der Waals surface area (Å²) in [6.45, 7) is 6.80. The van der Waals surface area contributed by atoms with E-state index in [1.54, 1.807) is 6.92 Å². The summed E-state index contributed by atoms with van der Waals surface area (Å²) in [5, 5.41) is 0. The largest absolute Gasteiger partial charge is 0.493 e. The average molecular weight is 452 g/mol. The van der Waals surface area contributed by atoms with Gasteiger partial charge in [0.1, 0.15) is 11.5 Å². The van der Waals surface area contributed by atoms with Crippen LogP contribution in [0.5, 0.6) is 5.75 Å². The predicted molar refractivity (Wildman–Crippen MR) is 122 cm³/mol. The molecule has 1 aromatic heterocycles. The maximum Gasteiger partial charge on any atom is 0.366 e. The summed E-state index contributed by atoms with van der Waals surface area (Å²) in [6.07, 6.45) is 0.652. The van der Waals surface area contributed by atoms with Crippen LogP contribution in [0.25, 0.3) is 11.5 Å². The molecule has 2 heterocycles. The maximum absolute atomic E-state index is 11.8. The molecule has 1 fully saturated rings. The zero-order chi connectivity index (χ0) is 23.4. The molecule has 0 bridgehead atoms. The standard InChI is InChI=1S/C26H29NO6/c1-17-5-7-20(8-6-17)24-27-23(18(2)33-24)13-14-30-22-11-9-19(10-12-22)21-15-31-26(3,32-16-21)25(28)29-4/h5-12,21H,13-16H2,1-4H3/t21-,26-. The Labute approximate surface area is 193 Å². The van der Waals surface area contributed by atoms with Crippen molar-refractivity contribution < 1.29 is 28.2 Å². The average Bonchev–Trinajstić information content (AvgIpc) is 3.20. The van der Waals surface area contributed by atoms with Gasteiger partial charge in [-0.3, -0.25) is 0 Å². The van der Waals surface area contributed by atoms with Gasteiger partial charge in [0.2, 0.25) is 5.89 Å². The van der Waals surface area contributed by atoms with Crippen LogP contribution in [-0.4, -0.2) is 43.7 Å². The van der Waals surface area contributed by atoms with Gasteiger partial charge in [-0.15, -0.1) is 0 Å². The van der Waals surface area contributed by atoms with Gasteiger partial charge in [0.15, 0.2) is 0 Å². The number of hydrogen-bond acceptors (Lipinski definition) is 7. The van der Waals surface area contributed by atoms with Crippen LogP contribution < -0.4 is 4.74 Å². The van der Waals surface area contributed by atoms with Crippen molar-refractivity contribution in [3.63, 3.8) is 0 Å². The summed E-state index contributed by atoms with van der Waals surface area (Å²) in [4.78, 5) is 16.4. The molecule has 1 saturated heterocycles. The number of carbonyl (C=O) groups is 1. The molecule has 1 aliphatic heterocycles. The van der Waals surface area contributed by atoms with E-state index >= 15 is 0 Å². The molecule has 0 saturated carbocycles. The fourth-order valence-electron chi connectivity index (χ4n) is 3.69. The third kappa shape index (κ3) is 5.26. The van der Waals surface area contributed by atoms with Crippen LogP contribution in [0.4, 0.5) is 0 Å². The van der Waals surface area contributed by atoms with Crippen LogP contribution in [0.2, 0.25) is 0 Å². The molecule has 0 spiro atoms. The van der Waals surface area contributed by atoms with Gasteiger partial charge in [0, 0.05) is 24.8 Å². The van der Waals surface area contributed by atoms with E-state index in [-0.39, 0.29) is 5.92 Å². The lowest BCUT2D eigenvalue weighted by Crippen LogP contribution is -2.47. The molecule has 1 aliphatic rings. The van der Waals surface area contributed by atoms with Crippen LogP contribution in [-0.2, 0) is 25.4 Å². The zero-order valence-corrected chi connectivity index (χ0v) is 19.4. The Morgan fingerprint density at radius 2 is 1.73 bits per heavy atom. The first-order valence-electron chi connectivity index (χ1n) is 11.0. The van der Waals surface area contributed by atoms with Gasteiger partial charge in [0.05, 0.1) is 32.6 Å². The third-order valence-electron chi connectivity index (χ3n) is 5.83. The van der Waals surface area contributed by atoms with Crippen LogP contribution in [0.3, 0.4) is 0 Å². The number of benzene rings is 2. The Morgan fingerprint density at radius 3 is 2.36 bits per heavy atom. The van der Waals surface area contributed by atoms with Crippen LogP contribution in [0.1, 0.15) is 35.4 Å². The molecule has 0 amide bonds. The van der Waals surface area contributed by atoms with Gasteiger partial charge in [0.25, 0.3) is 5.79 Å². The molecular weight excluding hydrogens is 422 g/mol. The number of hydrogen-bond donors (Lipinski definition) is 0. The Kier molecular flexibility index (Phi) is 6.81. The van der Waals surface area contributed by atoms with E-state index in [1.165, 1.54) is 12.7 Å². The van der Waals surface area contributed by atoms with E-state index < -0.39 is 11.8 Å². The number of oxazole rings is 1. The highest BCUT2D eigenvalue weighted by molar-refractivity contribution is 5.77. The smallest absolute Gasteiger partial charge is 0.366 e. The van der Waals surface area contributed by atoms with Crippen molar-refractivity contribution in [1.82, 2.24) is 4.98 Å². The molecule has 0 aliphatic carbocycles. The van der Waals surface area contributed by atoms with Gasteiger partial charge in [-0.1, -0.05) is 29.8 Å². The molecule has 33 heavy (non-hydrogen) atoms. The van der Waals surface area contributed by atoms with Crippen LogP contribution in [0, 0.1) is 13.8 Å². The minimum Gasteiger partial charge on any atom is -0.493 e. The molecule has 0 radical (unpaired) electrons. The van der Waals surface area contributed by atoms with E-state index in [0.717, 1.165) is 28.3 Å². The lowest BCUT2D eigenvalue weighted by Gasteiger charge is -2.35. The molecule has 2 aromatic carbocycles. The predicted octanol–water partition coefficient (Wildman–Crippen LogP) is 4.60. The normalized spacial score (nSPS) is 20.4. The summed E-state index contributed by atoms with van der Waals surface area (Å²) in [7, 11) is 1.32. The monoisotopic (exact) mass is 451 g/mol. The first-order chi connectivity index (χ1) is 15.9. The van der Waals surface area contributed by atoms with Gasteiger partial charge >= 0.3 is 5.97 Å². The Hall–Kier alpha value is -3.16. The first kappa shape index (κ1) is 23.0. The summed E-state index contributed by atoms with van der Waals surface area (Å²) in [5.41, 5.74) is 4.12.